The molecule has 0 atom stereocenters. The van der Waals surface area contributed by atoms with Gasteiger partial charge in [0.05, 0.1) is 10.6 Å². The van der Waals surface area contributed by atoms with Gasteiger partial charge in [0, 0.05) is 0 Å². The number of hydrogen-bond acceptors (Lipinski definition) is 2. The van der Waals surface area contributed by atoms with Crippen molar-refractivity contribution in [3.8, 4) is 0 Å². The van der Waals surface area contributed by atoms with Gasteiger partial charge < -0.3 is 0 Å². The van der Waals surface area contributed by atoms with Crippen LogP contribution in [0.3, 0.4) is 0 Å². The fourth-order valence-electron chi connectivity index (χ4n) is 1.51. The van der Waals surface area contributed by atoms with Crippen LogP contribution < -0.4 is 0 Å². The summed E-state index contributed by atoms with van der Waals surface area (Å²) in [5, 5.41) is 0. The summed E-state index contributed by atoms with van der Waals surface area (Å²) in [5.74, 6) is -0.483. The second kappa shape index (κ2) is 4.67. The molecule has 17 heavy (non-hydrogen) atoms. The molecule has 0 heterocycles. The third kappa shape index (κ3) is 2.91. The van der Waals surface area contributed by atoms with Gasteiger partial charge in [-0.3, -0.25) is 0 Å². The minimum absolute atomic E-state index is 0.114. The van der Waals surface area contributed by atoms with Crippen LogP contribution in [0.2, 0.25) is 0 Å². The zero-order valence-corrected chi connectivity index (χ0v) is 9.82. The number of rotatable bonds is 3. The van der Waals surface area contributed by atoms with E-state index in [2.05, 4.69) is 0 Å². The van der Waals surface area contributed by atoms with Gasteiger partial charge in [0.2, 0.25) is 0 Å². The third-order valence-electron chi connectivity index (χ3n) is 2.37. The van der Waals surface area contributed by atoms with Crippen LogP contribution in [0.4, 0.5) is 4.39 Å². The van der Waals surface area contributed by atoms with E-state index in [1.807, 2.05) is 0 Å². The highest BCUT2D eigenvalue weighted by atomic mass is 32.2. The van der Waals surface area contributed by atoms with Crippen LogP contribution in [0.15, 0.2) is 59.5 Å². The van der Waals surface area contributed by atoms with Crippen molar-refractivity contribution in [3.63, 3.8) is 0 Å². The Morgan fingerprint density at radius 2 is 1.47 bits per heavy atom. The van der Waals surface area contributed by atoms with E-state index in [0.717, 1.165) is 0 Å². The van der Waals surface area contributed by atoms with Crippen LogP contribution >= 0.6 is 0 Å². The highest BCUT2D eigenvalue weighted by molar-refractivity contribution is 7.90. The molecule has 0 bridgehead atoms. The first-order chi connectivity index (χ1) is 8.08. The zero-order valence-electron chi connectivity index (χ0n) is 9.01. The Hall–Kier alpha value is -1.68. The van der Waals surface area contributed by atoms with Gasteiger partial charge >= 0.3 is 0 Å². The SMILES string of the molecule is O=S(=O)(Cc1ccc(F)cc1)c1ccccc1. The Labute approximate surface area is 99.6 Å². The number of hydrogen-bond donors (Lipinski definition) is 0. The molecule has 0 fully saturated rings. The summed E-state index contributed by atoms with van der Waals surface area (Å²) >= 11 is 0. The van der Waals surface area contributed by atoms with E-state index in [0.29, 0.717) is 5.56 Å². The molecule has 2 nitrogen and oxygen atoms in total. The maximum Gasteiger partial charge on any atom is 0.182 e. The minimum atomic E-state index is -3.35. The van der Waals surface area contributed by atoms with Crippen molar-refractivity contribution in [2.24, 2.45) is 0 Å². The van der Waals surface area contributed by atoms with Crippen LogP contribution in [0, 0.1) is 5.82 Å². The van der Waals surface area contributed by atoms with E-state index >= 15 is 0 Å². The molecule has 0 aromatic heterocycles. The molecule has 0 aliphatic rings. The molecular weight excluding hydrogens is 239 g/mol. The lowest BCUT2D eigenvalue weighted by molar-refractivity contribution is 0.595. The average molecular weight is 250 g/mol. The largest absolute Gasteiger partial charge is 0.223 e. The number of benzene rings is 2. The second-order valence-corrected chi connectivity index (χ2v) is 5.69. The molecular formula is C13H11FO2S. The van der Waals surface area contributed by atoms with Gasteiger partial charge in [-0.2, -0.15) is 0 Å². The van der Waals surface area contributed by atoms with Gasteiger partial charge in [0.1, 0.15) is 5.82 Å². The Kier molecular flexibility index (Phi) is 3.24. The molecule has 0 saturated carbocycles. The van der Waals surface area contributed by atoms with Crippen LogP contribution in [0.1, 0.15) is 5.56 Å². The summed E-state index contributed by atoms with van der Waals surface area (Å²) < 4.78 is 36.7. The van der Waals surface area contributed by atoms with Crippen LogP contribution in [-0.2, 0) is 15.6 Å². The first-order valence-corrected chi connectivity index (χ1v) is 6.75. The number of halogens is 1. The Morgan fingerprint density at radius 3 is 2.06 bits per heavy atom. The Balaban J connectivity index is 2.27. The molecule has 88 valence electrons. The fourth-order valence-corrected chi connectivity index (χ4v) is 2.88. The summed E-state index contributed by atoms with van der Waals surface area (Å²) in [6, 6.07) is 13.7. The Morgan fingerprint density at radius 1 is 0.882 bits per heavy atom. The lowest BCUT2D eigenvalue weighted by Crippen LogP contribution is -2.04. The molecule has 2 rings (SSSR count). The van der Waals surface area contributed by atoms with Crippen molar-refractivity contribution in [3.05, 3.63) is 66.0 Å². The van der Waals surface area contributed by atoms with E-state index in [1.165, 1.54) is 24.3 Å². The Bertz CT molecular complexity index is 589. The summed E-state index contributed by atoms with van der Waals surface area (Å²) in [5.41, 5.74) is 0.579. The predicted molar refractivity (Wildman–Crippen MR) is 63.7 cm³/mol. The third-order valence-corrected chi connectivity index (χ3v) is 4.08. The van der Waals surface area contributed by atoms with E-state index < -0.39 is 9.84 Å². The van der Waals surface area contributed by atoms with E-state index in [9.17, 15) is 12.8 Å². The van der Waals surface area contributed by atoms with Crippen LogP contribution in [-0.4, -0.2) is 8.42 Å². The molecule has 0 amide bonds. The standard InChI is InChI=1S/C13H11FO2S/c14-12-8-6-11(7-9-12)10-17(15,16)13-4-2-1-3-5-13/h1-9H,10H2. The highest BCUT2D eigenvalue weighted by Gasteiger charge is 2.14. The van der Waals surface area contributed by atoms with E-state index in [-0.39, 0.29) is 16.5 Å². The van der Waals surface area contributed by atoms with Gasteiger partial charge in [0.15, 0.2) is 9.84 Å². The van der Waals surface area contributed by atoms with Crippen LogP contribution in [0.5, 0.6) is 0 Å². The van der Waals surface area contributed by atoms with Crippen molar-refractivity contribution >= 4 is 9.84 Å². The van der Waals surface area contributed by atoms with Crippen molar-refractivity contribution in [1.82, 2.24) is 0 Å². The quantitative estimate of drug-likeness (QED) is 0.839. The van der Waals surface area contributed by atoms with E-state index in [4.69, 9.17) is 0 Å². The van der Waals surface area contributed by atoms with Gasteiger partial charge in [0.25, 0.3) is 0 Å². The molecule has 0 unspecified atom stereocenters. The molecule has 0 aliphatic carbocycles. The molecule has 4 heteroatoms. The lowest BCUT2D eigenvalue weighted by atomic mass is 10.2. The maximum absolute atomic E-state index is 12.7. The summed E-state index contributed by atoms with van der Waals surface area (Å²) in [6.45, 7) is 0. The van der Waals surface area contributed by atoms with Gasteiger partial charge in [-0.1, -0.05) is 30.3 Å². The minimum Gasteiger partial charge on any atom is -0.223 e. The van der Waals surface area contributed by atoms with Gasteiger partial charge in [-0.25, -0.2) is 12.8 Å². The fraction of sp³-hybridized carbons (Fsp3) is 0.0769. The summed E-state index contributed by atoms with van der Waals surface area (Å²) in [4.78, 5) is 0.282. The van der Waals surface area contributed by atoms with Crippen molar-refractivity contribution < 1.29 is 12.8 Å². The summed E-state index contributed by atoms with van der Waals surface area (Å²) in [7, 11) is -3.35. The smallest absolute Gasteiger partial charge is 0.182 e. The van der Waals surface area contributed by atoms with Crippen molar-refractivity contribution in [1.29, 1.82) is 0 Å². The van der Waals surface area contributed by atoms with E-state index in [1.54, 1.807) is 30.3 Å². The predicted octanol–water partition coefficient (Wildman–Crippen LogP) is 2.80. The molecule has 0 aliphatic heterocycles. The average Bonchev–Trinajstić information content (AvgIpc) is 2.33. The van der Waals surface area contributed by atoms with Crippen molar-refractivity contribution in [2.45, 2.75) is 10.6 Å². The molecule has 0 spiro atoms. The maximum atomic E-state index is 12.7. The first kappa shape index (κ1) is 11.8. The topological polar surface area (TPSA) is 34.1 Å². The van der Waals surface area contributed by atoms with Crippen molar-refractivity contribution in [2.75, 3.05) is 0 Å². The monoisotopic (exact) mass is 250 g/mol. The second-order valence-electron chi connectivity index (χ2n) is 3.70. The molecule has 0 N–H and O–H groups in total. The van der Waals surface area contributed by atoms with Gasteiger partial charge in [-0.15, -0.1) is 0 Å². The highest BCUT2D eigenvalue weighted by Crippen LogP contribution is 2.16. The molecule has 2 aromatic carbocycles. The lowest BCUT2D eigenvalue weighted by Gasteiger charge is -2.04. The molecule has 0 radical (unpaired) electrons. The number of sulfone groups is 1. The van der Waals surface area contributed by atoms with Crippen LogP contribution in [0.25, 0.3) is 0 Å². The first-order valence-electron chi connectivity index (χ1n) is 5.10. The van der Waals surface area contributed by atoms with Gasteiger partial charge in [-0.05, 0) is 29.8 Å². The summed E-state index contributed by atoms with van der Waals surface area (Å²) in [6.07, 6.45) is 0. The zero-order chi connectivity index (χ0) is 12.3. The molecule has 0 saturated heterocycles. The molecule has 2 aromatic rings. The normalized spacial score (nSPS) is 11.4.